The molecular formula is C26H35N5O3S. The molecule has 1 N–H and O–H groups in total. The van der Waals surface area contributed by atoms with Crippen molar-refractivity contribution in [1.29, 1.82) is 0 Å². The number of carbonyl (C=O) groups excluding carboxylic acids is 1. The number of benzene rings is 2. The lowest BCUT2D eigenvalue weighted by Gasteiger charge is -2.25. The van der Waals surface area contributed by atoms with Crippen LogP contribution in [0.2, 0.25) is 0 Å². The number of amides is 1. The standard InChI is InChI=1S/C26H35N5O3S/c1-29(2)19-21-9-7-20(8-10-21)18-27-26(32)14-13-25-28-23-17-22(11-12-24(23)30(25)3)35(33,34)31-15-5-4-6-16-31/h7-12,17H,4-6,13-16,18-19H2,1-3H3,(H,27,32). The minimum atomic E-state index is -3.51. The molecule has 2 aromatic carbocycles. The smallest absolute Gasteiger partial charge is 0.243 e. The largest absolute Gasteiger partial charge is 0.352 e. The molecule has 188 valence electrons. The van der Waals surface area contributed by atoms with Crippen molar-refractivity contribution in [2.75, 3.05) is 27.2 Å². The minimum Gasteiger partial charge on any atom is -0.352 e. The highest BCUT2D eigenvalue weighted by molar-refractivity contribution is 7.89. The van der Waals surface area contributed by atoms with Crippen LogP contribution in [0.25, 0.3) is 11.0 Å². The highest BCUT2D eigenvalue weighted by Gasteiger charge is 2.26. The molecule has 0 atom stereocenters. The van der Waals surface area contributed by atoms with Gasteiger partial charge in [0.2, 0.25) is 15.9 Å². The number of hydrogen-bond acceptors (Lipinski definition) is 5. The summed E-state index contributed by atoms with van der Waals surface area (Å²) in [5.74, 6) is 0.721. The normalized spacial score (nSPS) is 15.1. The van der Waals surface area contributed by atoms with Gasteiger partial charge in [-0.1, -0.05) is 30.7 Å². The Morgan fingerprint density at radius 1 is 1.03 bits per heavy atom. The molecule has 4 rings (SSSR count). The molecule has 1 aliphatic heterocycles. The molecule has 1 aliphatic rings. The summed E-state index contributed by atoms with van der Waals surface area (Å²) >= 11 is 0. The molecule has 1 fully saturated rings. The first-order valence-corrected chi connectivity index (χ1v) is 13.6. The molecule has 1 aromatic heterocycles. The molecule has 0 radical (unpaired) electrons. The molecule has 0 spiro atoms. The lowest BCUT2D eigenvalue weighted by Crippen LogP contribution is -2.35. The van der Waals surface area contributed by atoms with Gasteiger partial charge >= 0.3 is 0 Å². The Hall–Kier alpha value is -2.75. The van der Waals surface area contributed by atoms with Gasteiger partial charge in [-0.05, 0) is 56.3 Å². The fraction of sp³-hybridized carbons (Fsp3) is 0.462. The Kier molecular flexibility index (Phi) is 7.88. The van der Waals surface area contributed by atoms with E-state index in [2.05, 4.69) is 27.3 Å². The van der Waals surface area contributed by atoms with Crippen LogP contribution in [-0.2, 0) is 41.4 Å². The second-order valence-electron chi connectivity index (χ2n) is 9.53. The highest BCUT2D eigenvalue weighted by atomic mass is 32.2. The second kappa shape index (κ2) is 10.9. The van der Waals surface area contributed by atoms with Gasteiger partial charge in [-0.15, -0.1) is 0 Å². The van der Waals surface area contributed by atoms with Crippen LogP contribution >= 0.6 is 0 Å². The van der Waals surface area contributed by atoms with E-state index in [1.807, 2.05) is 43.9 Å². The maximum absolute atomic E-state index is 13.0. The third-order valence-electron chi connectivity index (χ3n) is 6.48. The zero-order valence-corrected chi connectivity index (χ0v) is 21.6. The molecule has 35 heavy (non-hydrogen) atoms. The number of piperidine rings is 1. The maximum Gasteiger partial charge on any atom is 0.243 e. The first-order valence-electron chi connectivity index (χ1n) is 12.2. The van der Waals surface area contributed by atoms with Crippen molar-refractivity contribution in [2.45, 2.75) is 50.1 Å². The van der Waals surface area contributed by atoms with Crippen LogP contribution < -0.4 is 5.32 Å². The fourth-order valence-corrected chi connectivity index (χ4v) is 6.05. The quantitative estimate of drug-likeness (QED) is 0.491. The summed E-state index contributed by atoms with van der Waals surface area (Å²) in [4.78, 5) is 19.5. The summed E-state index contributed by atoms with van der Waals surface area (Å²) in [6.45, 7) is 2.52. The van der Waals surface area contributed by atoms with Crippen molar-refractivity contribution in [3.8, 4) is 0 Å². The van der Waals surface area contributed by atoms with E-state index in [-0.39, 0.29) is 10.8 Å². The number of aryl methyl sites for hydroxylation is 2. The molecule has 0 unspecified atom stereocenters. The Morgan fingerprint density at radius 3 is 2.40 bits per heavy atom. The van der Waals surface area contributed by atoms with E-state index >= 15 is 0 Å². The van der Waals surface area contributed by atoms with E-state index in [1.165, 1.54) is 5.56 Å². The predicted molar refractivity (Wildman–Crippen MR) is 137 cm³/mol. The molecule has 0 aliphatic carbocycles. The van der Waals surface area contributed by atoms with E-state index in [0.717, 1.165) is 42.7 Å². The summed E-state index contributed by atoms with van der Waals surface area (Å²) in [6, 6.07) is 13.4. The third-order valence-corrected chi connectivity index (χ3v) is 8.38. The van der Waals surface area contributed by atoms with Crippen LogP contribution in [0.5, 0.6) is 0 Å². The number of rotatable bonds is 9. The lowest BCUT2D eigenvalue weighted by atomic mass is 10.1. The summed E-state index contributed by atoms with van der Waals surface area (Å²) in [6.07, 6.45) is 3.67. The Labute approximate surface area is 208 Å². The maximum atomic E-state index is 13.0. The first kappa shape index (κ1) is 25.3. The van der Waals surface area contributed by atoms with Crippen molar-refractivity contribution >= 4 is 27.0 Å². The SMILES string of the molecule is CN(C)Cc1ccc(CNC(=O)CCc2nc3cc(S(=O)(=O)N4CCCCC4)ccc3n2C)cc1. The highest BCUT2D eigenvalue weighted by Crippen LogP contribution is 2.25. The Bertz CT molecular complexity index is 1280. The predicted octanol–water partition coefficient (Wildman–Crippen LogP) is 3.06. The minimum absolute atomic E-state index is 0.0391. The third kappa shape index (κ3) is 6.09. The number of imidazole rings is 1. The van der Waals surface area contributed by atoms with Crippen LogP contribution in [0.3, 0.4) is 0 Å². The summed E-state index contributed by atoms with van der Waals surface area (Å²) in [5.41, 5.74) is 3.79. The summed E-state index contributed by atoms with van der Waals surface area (Å²) < 4.78 is 29.6. The molecule has 3 aromatic rings. The Morgan fingerprint density at radius 2 is 1.71 bits per heavy atom. The first-order chi connectivity index (χ1) is 16.7. The molecule has 9 heteroatoms. The van der Waals surface area contributed by atoms with Gasteiger partial charge in [-0.2, -0.15) is 4.31 Å². The van der Waals surface area contributed by atoms with Gasteiger partial charge in [0.05, 0.1) is 15.9 Å². The van der Waals surface area contributed by atoms with Gasteiger partial charge in [-0.25, -0.2) is 13.4 Å². The summed E-state index contributed by atoms with van der Waals surface area (Å²) in [5, 5.41) is 2.98. The zero-order chi connectivity index (χ0) is 25.0. The van der Waals surface area contributed by atoms with Gasteiger partial charge in [0.25, 0.3) is 0 Å². The van der Waals surface area contributed by atoms with Crippen LogP contribution in [0.4, 0.5) is 0 Å². The van der Waals surface area contributed by atoms with Crippen molar-refractivity contribution in [1.82, 2.24) is 24.1 Å². The van der Waals surface area contributed by atoms with Crippen LogP contribution in [-0.4, -0.2) is 60.3 Å². The van der Waals surface area contributed by atoms with Gasteiger partial charge in [0.1, 0.15) is 5.82 Å². The molecular weight excluding hydrogens is 462 g/mol. The number of carbonyl (C=O) groups is 1. The number of nitrogens with one attached hydrogen (secondary N) is 1. The van der Waals surface area contributed by atoms with Gasteiger partial charge in [-0.3, -0.25) is 4.79 Å². The number of hydrogen-bond donors (Lipinski definition) is 1. The van der Waals surface area contributed by atoms with Crippen LogP contribution in [0.1, 0.15) is 42.6 Å². The molecule has 1 amide bonds. The molecule has 1 saturated heterocycles. The number of nitrogens with zero attached hydrogens (tertiary/aromatic N) is 4. The average molecular weight is 498 g/mol. The zero-order valence-electron chi connectivity index (χ0n) is 20.8. The molecule has 2 heterocycles. The van der Waals surface area contributed by atoms with Gasteiger partial charge in [0.15, 0.2) is 0 Å². The fourth-order valence-electron chi connectivity index (χ4n) is 4.51. The second-order valence-corrected chi connectivity index (χ2v) is 11.5. The van der Waals surface area contributed by atoms with Crippen molar-refractivity contribution in [3.63, 3.8) is 0 Å². The number of sulfonamides is 1. The topological polar surface area (TPSA) is 87.5 Å². The van der Waals surface area contributed by atoms with Gasteiger partial charge in [0, 0.05) is 46.1 Å². The lowest BCUT2D eigenvalue weighted by molar-refractivity contribution is -0.121. The monoisotopic (exact) mass is 497 g/mol. The van der Waals surface area contributed by atoms with Crippen molar-refractivity contribution < 1.29 is 13.2 Å². The Balaban J connectivity index is 1.36. The van der Waals surface area contributed by atoms with Crippen molar-refractivity contribution in [2.24, 2.45) is 7.05 Å². The van der Waals surface area contributed by atoms with Gasteiger partial charge < -0.3 is 14.8 Å². The van der Waals surface area contributed by atoms with Crippen molar-refractivity contribution in [3.05, 3.63) is 59.4 Å². The van der Waals surface area contributed by atoms with E-state index in [9.17, 15) is 13.2 Å². The van der Waals surface area contributed by atoms with E-state index in [1.54, 1.807) is 16.4 Å². The van der Waals surface area contributed by atoms with Crippen LogP contribution in [0.15, 0.2) is 47.4 Å². The van der Waals surface area contributed by atoms with E-state index in [4.69, 9.17) is 0 Å². The van der Waals surface area contributed by atoms with Crippen LogP contribution in [0, 0.1) is 0 Å². The molecule has 8 nitrogen and oxygen atoms in total. The molecule has 0 saturated carbocycles. The van der Waals surface area contributed by atoms with E-state index < -0.39 is 10.0 Å². The molecule has 0 bridgehead atoms. The van der Waals surface area contributed by atoms with E-state index in [0.29, 0.717) is 38.0 Å². The number of aromatic nitrogens is 2. The average Bonchev–Trinajstić information content (AvgIpc) is 3.17. The summed E-state index contributed by atoms with van der Waals surface area (Å²) in [7, 11) is 2.47. The number of fused-ring (bicyclic) bond motifs is 1.